The van der Waals surface area contributed by atoms with E-state index in [1.54, 1.807) is 0 Å². The minimum atomic E-state index is -0.834. The minimum Gasteiger partial charge on any atom is -0.397 e. The molecule has 0 aromatic heterocycles. The van der Waals surface area contributed by atoms with Gasteiger partial charge in [-0.3, -0.25) is 0 Å². The van der Waals surface area contributed by atoms with Crippen molar-refractivity contribution in [1.29, 1.82) is 0 Å². The Labute approximate surface area is 87.7 Å². The number of benzene rings is 1. The van der Waals surface area contributed by atoms with Crippen LogP contribution >= 0.6 is 0 Å². The summed E-state index contributed by atoms with van der Waals surface area (Å²) in [6, 6.07) is 2.48. The molecule has 0 amide bonds. The molecule has 15 heavy (non-hydrogen) atoms. The van der Waals surface area contributed by atoms with Crippen molar-refractivity contribution in [2.75, 3.05) is 23.7 Å². The van der Waals surface area contributed by atoms with E-state index in [2.05, 4.69) is 6.92 Å². The summed E-state index contributed by atoms with van der Waals surface area (Å²) in [6.07, 6.45) is 0.995. The standard InChI is InChI=1S/C11H14F2N2/c1-7-4-5-15(6-7)11-9(14)3-2-8(12)10(11)13/h2-3,7H,4-6,14H2,1H3. The molecule has 1 aliphatic rings. The van der Waals surface area contributed by atoms with Crippen molar-refractivity contribution in [3.8, 4) is 0 Å². The Morgan fingerprint density at radius 3 is 2.73 bits per heavy atom. The van der Waals surface area contributed by atoms with E-state index in [9.17, 15) is 8.78 Å². The van der Waals surface area contributed by atoms with Gasteiger partial charge in [0.05, 0.1) is 11.4 Å². The SMILES string of the molecule is CC1CCN(c2c(N)ccc(F)c2F)C1. The molecule has 2 rings (SSSR count). The van der Waals surface area contributed by atoms with Gasteiger partial charge in [-0.1, -0.05) is 6.92 Å². The molecule has 0 bridgehead atoms. The lowest BCUT2D eigenvalue weighted by atomic mass is 10.2. The van der Waals surface area contributed by atoms with Gasteiger partial charge < -0.3 is 10.6 Å². The molecular formula is C11H14F2N2. The van der Waals surface area contributed by atoms with E-state index in [1.807, 2.05) is 4.90 Å². The Kier molecular flexibility index (Phi) is 2.50. The highest BCUT2D eigenvalue weighted by atomic mass is 19.2. The second kappa shape index (κ2) is 3.68. The van der Waals surface area contributed by atoms with E-state index < -0.39 is 11.6 Å². The summed E-state index contributed by atoms with van der Waals surface area (Å²) >= 11 is 0. The van der Waals surface area contributed by atoms with Crippen molar-refractivity contribution in [2.24, 2.45) is 5.92 Å². The summed E-state index contributed by atoms with van der Waals surface area (Å²) in [5.41, 5.74) is 6.20. The number of rotatable bonds is 1. The molecule has 1 saturated heterocycles. The highest BCUT2D eigenvalue weighted by Crippen LogP contribution is 2.32. The smallest absolute Gasteiger partial charge is 0.184 e. The predicted molar refractivity (Wildman–Crippen MR) is 56.8 cm³/mol. The van der Waals surface area contributed by atoms with Crippen LogP contribution in [0, 0.1) is 17.6 Å². The van der Waals surface area contributed by atoms with E-state index in [4.69, 9.17) is 5.73 Å². The van der Waals surface area contributed by atoms with Crippen LogP contribution in [0.3, 0.4) is 0 Å². The summed E-state index contributed by atoms with van der Waals surface area (Å²) in [4.78, 5) is 1.82. The molecule has 1 fully saturated rings. The molecule has 2 N–H and O–H groups in total. The zero-order valence-electron chi connectivity index (χ0n) is 8.63. The minimum absolute atomic E-state index is 0.222. The summed E-state index contributed by atoms with van der Waals surface area (Å²) in [6.45, 7) is 3.57. The fourth-order valence-corrected chi connectivity index (χ4v) is 2.01. The Morgan fingerprint density at radius 2 is 2.13 bits per heavy atom. The number of hydrogen-bond donors (Lipinski definition) is 1. The van der Waals surface area contributed by atoms with Crippen molar-refractivity contribution in [2.45, 2.75) is 13.3 Å². The molecule has 1 aromatic carbocycles. The molecule has 2 nitrogen and oxygen atoms in total. The van der Waals surface area contributed by atoms with E-state index in [0.717, 1.165) is 25.6 Å². The topological polar surface area (TPSA) is 29.3 Å². The van der Waals surface area contributed by atoms with Gasteiger partial charge in [-0.05, 0) is 24.5 Å². The van der Waals surface area contributed by atoms with Crippen LogP contribution in [0.15, 0.2) is 12.1 Å². The maximum Gasteiger partial charge on any atom is 0.184 e. The zero-order chi connectivity index (χ0) is 11.0. The van der Waals surface area contributed by atoms with Crippen LogP contribution in [-0.2, 0) is 0 Å². The Morgan fingerprint density at radius 1 is 1.40 bits per heavy atom. The normalized spacial score (nSPS) is 21.0. The van der Waals surface area contributed by atoms with Crippen LogP contribution < -0.4 is 10.6 Å². The zero-order valence-corrected chi connectivity index (χ0v) is 8.63. The number of nitrogen functional groups attached to an aromatic ring is 1. The van der Waals surface area contributed by atoms with Crippen LogP contribution in [0.4, 0.5) is 20.2 Å². The van der Waals surface area contributed by atoms with Crippen LogP contribution in [0.25, 0.3) is 0 Å². The molecule has 82 valence electrons. The van der Waals surface area contributed by atoms with E-state index in [-0.39, 0.29) is 5.69 Å². The third-order valence-corrected chi connectivity index (χ3v) is 2.84. The second-order valence-corrected chi connectivity index (χ2v) is 4.14. The molecule has 1 aromatic rings. The van der Waals surface area contributed by atoms with Crippen molar-refractivity contribution in [1.82, 2.24) is 0 Å². The molecule has 0 radical (unpaired) electrons. The van der Waals surface area contributed by atoms with Gasteiger partial charge in [0.1, 0.15) is 0 Å². The maximum atomic E-state index is 13.5. The average Bonchev–Trinajstić information content (AvgIpc) is 2.59. The molecule has 0 aliphatic carbocycles. The lowest BCUT2D eigenvalue weighted by Gasteiger charge is -2.20. The molecule has 4 heteroatoms. The molecule has 1 unspecified atom stereocenters. The largest absolute Gasteiger partial charge is 0.397 e. The van der Waals surface area contributed by atoms with Crippen LogP contribution in [0.2, 0.25) is 0 Å². The molecule has 1 aliphatic heterocycles. The lowest BCUT2D eigenvalue weighted by Crippen LogP contribution is -2.22. The molecule has 0 spiro atoms. The molecule has 1 heterocycles. The second-order valence-electron chi connectivity index (χ2n) is 4.14. The summed E-state index contributed by atoms with van der Waals surface area (Å²) in [5, 5.41) is 0. The Hall–Kier alpha value is -1.32. The monoisotopic (exact) mass is 212 g/mol. The van der Waals surface area contributed by atoms with Gasteiger partial charge in [0.2, 0.25) is 0 Å². The Balaban J connectivity index is 2.39. The number of anilines is 2. The third kappa shape index (κ3) is 1.76. The van der Waals surface area contributed by atoms with Gasteiger partial charge in [-0.15, -0.1) is 0 Å². The van der Waals surface area contributed by atoms with Gasteiger partial charge in [-0.2, -0.15) is 0 Å². The van der Waals surface area contributed by atoms with Crippen molar-refractivity contribution in [3.05, 3.63) is 23.8 Å². The van der Waals surface area contributed by atoms with E-state index in [1.165, 1.54) is 6.07 Å². The van der Waals surface area contributed by atoms with Gasteiger partial charge in [0.25, 0.3) is 0 Å². The first-order valence-corrected chi connectivity index (χ1v) is 5.08. The summed E-state index contributed by atoms with van der Waals surface area (Å²) < 4.78 is 26.6. The van der Waals surface area contributed by atoms with Crippen molar-refractivity contribution in [3.63, 3.8) is 0 Å². The van der Waals surface area contributed by atoms with Gasteiger partial charge >= 0.3 is 0 Å². The highest BCUT2D eigenvalue weighted by Gasteiger charge is 2.24. The van der Waals surface area contributed by atoms with Crippen molar-refractivity contribution < 1.29 is 8.78 Å². The fraction of sp³-hybridized carbons (Fsp3) is 0.455. The molecule has 0 saturated carbocycles. The fourth-order valence-electron chi connectivity index (χ4n) is 2.01. The van der Waals surface area contributed by atoms with Crippen LogP contribution in [0.1, 0.15) is 13.3 Å². The maximum absolute atomic E-state index is 13.5. The number of nitrogens with zero attached hydrogens (tertiary/aromatic N) is 1. The first-order valence-electron chi connectivity index (χ1n) is 5.08. The van der Waals surface area contributed by atoms with Crippen LogP contribution in [0.5, 0.6) is 0 Å². The first-order chi connectivity index (χ1) is 7.09. The van der Waals surface area contributed by atoms with Crippen LogP contribution in [-0.4, -0.2) is 13.1 Å². The van der Waals surface area contributed by atoms with E-state index >= 15 is 0 Å². The highest BCUT2D eigenvalue weighted by molar-refractivity contribution is 5.68. The molecular weight excluding hydrogens is 198 g/mol. The molecule has 1 atom stereocenters. The average molecular weight is 212 g/mol. The number of hydrogen-bond acceptors (Lipinski definition) is 2. The Bertz CT molecular complexity index is 379. The van der Waals surface area contributed by atoms with Gasteiger partial charge in [-0.25, -0.2) is 8.78 Å². The van der Waals surface area contributed by atoms with Gasteiger partial charge in [0, 0.05) is 13.1 Å². The summed E-state index contributed by atoms with van der Waals surface area (Å²) in [5.74, 6) is -1.16. The number of nitrogens with two attached hydrogens (primary N) is 1. The number of halogens is 2. The van der Waals surface area contributed by atoms with Crippen molar-refractivity contribution >= 4 is 11.4 Å². The third-order valence-electron chi connectivity index (χ3n) is 2.84. The first kappa shape index (κ1) is 10.2. The lowest BCUT2D eigenvalue weighted by molar-refractivity contribution is 0.508. The van der Waals surface area contributed by atoms with Gasteiger partial charge in [0.15, 0.2) is 11.6 Å². The summed E-state index contributed by atoms with van der Waals surface area (Å²) in [7, 11) is 0. The predicted octanol–water partition coefficient (Wildman–Crippen LogP) is 2.39. The quantitative estimate of drug-likeness (QED) is 0.724. The van der Waals surface area contributed by atoms with E-state index in [0.29, 0.717) is 11.6 Å².